The SMILES string of the molecule is CC.O=C(NC1CC2(C1)CC(C(=O)O)C2)c1cnn2cccc(Cc3ccc(C(F)(F)F)cc3)c12. The second-order valence-corrected chi connectivity index (χ2v) is 9.28. The fraction of sp³-hybridized carbons (Fsp3) is 0.423. The number of aromatic nitrogens is 2. The van der Waals surface area contributed by atoms with Crippen molar-refractivity contribution in [3.8, 4) is 0 Å². The number of fused-ring (bicyclic) bond motifs is 1. The van der Waals surface area contributed by atoms with Crippen molar-refractivity contribution in [2.75, 3.05) is 0 Å². The Morgan fingerprint density at radius 3 is 2.37 bits per heavy atom. The van der Waals surface area contributed by atoms with Gasteiger partial charge in [0.15, 0.2) is 0 Å². The summed E-state index contributed by atoms with van der Waals surface area (Å²) in [7, 11) is 0. The van der Waals surface area contributed by atoms with Gasteiger partial charge in [-0.3, -0.25) is 9.59 Å². The van der Waals surface area contributed by atoms with Gasteiger partial charge in [0.1, 0.15) is 0 Å². The third-order valence-electron chi connectivity index (χ3n) is 6.95. The van der Waals surface area contributed by atoms with Gasteiger partial charge in [-0.15, -0.1) is 0 Å². The maximum atomic E-state index is 13.0. The molecule has 2 saturated carbocycles. The lowest BCUT2D eigenvalue weighted by Crippen LogP contribution is -2.57. The van der Waals surface area contributed by atoms with Gasteiger partial charge in [-0.1, -0.05) is 32.0 Å². The predicted octanol–water partition coefficient (Wildman–Crippen LogP) is 5.34. The molecule has 3 aromatic rings. The van der Waals surface area contributed by atoms with Crippen LogP contribution in [0.4, 0.5) is 13.2 Å². The first-order chi connectivity index (χ1) is 16.6. The van der Waals surface area contributed by atoms with Crippen LogP contribution in [0.2, 0.25) is 0 Å². The first kappa shape index (κ1) is 24.8. The number of carbonyl (C=O) groups is 2. The van der Waals surface area contributed by atoms with Gasteiger partial charge in [0.05, 0.1) is 28.8 Å². The lowest BCUT2D eigenvalue weighted by molar-refractivity contribution is -0.155. The molecule has 0 aliphatic heterocycles. The summed E-state index contributed by atoms with van der Waals surface area (Å²) in [6.07, 6.45) is 2.09. The molecule has 0 saturated heterocycles. The summed E-state index contributed by atoms with van der Waals surface area (Å²) in [5.74, 6) is -1.27. The van der Waals surface area contributed by atoms with Crippen molar-refractivity contribution >= 4 is 17.4 Å². The lowest BCUT2D eigenvalue weighted by atomic mass is 9.50. The minimum absolute atomic E-state index is 0.00395. The topological polar surface area (TPSA) is 83.7 Å². The van der Waals surface area contributed by atoms with Gasteiger partial charge >= 0.3 is 12.1 Å². The molecule has 2 heterocycles. The summed E-state index contributed by atoms with van der Waals surface area (Å²) in [6, 6.07) is 8.63. The van der Waals surface area contributed by atoms with Crippen LogP contribution in [0.5, 0.6) is 0 Å². The van der Waals surface area contributed by atoms with Crippen molar-refractivity contribution < 1.29 is 27.9 Å². The van der Waals surface area contributed by atoms with Crippen LogP contribution in [0.1, 0.15) is 66.6 Å². The van der Waals surface area contributed by atoms with E-state index in [-0.39, 0.29) is 23.3 Å². The van der Waals surface area contributed by atoms with Crippen LogP contribution in [0.25, 0.3) is 5.52 Å². The number of hydrogen-bond donors (Lipinski definition) is 2. The van der Waals surface area contributed by atoms with E-state index in [1.165, 1.54) is 18.3 Å². The van der Waals surface area contributed by atoms with E-state index < -0.39 is 17.7 Å². The Balaban J connectivity index is 0.00000141. The summed E-state index contributed by atoms with van der Waals surface area (Å²) in [4.78, 5) is 24.0. The molecule has 5 rings (SSSR count). The van der Waals surface area contributed by atoms with Gasteiger partial charge in [-0.25, -0.2) is 4.52 Å². The third kappa shape index (κ3) is 4.90. The third-order valence-corrected chi connectivity index (χ3v) is 6.95. The number of carboxylic acid groups (broad SMARTS) is 1. The molecule has 1 spiro atoms. The number of carbonyl (C=O) groups excluding carboxylic acids is 1. The van der Waals surface area contributed by atoms with Crippen LogP contribution in [0, 0.1) is 11.3 Å². The van der Waals surface area contributed by atoms with Crippen molar-refractivity contribution in [1.29, 1.82) is 0 Å². The van der Waals surface area contributed by atoms with E-state index in [1.807, 2.05) is 19.9 Å². The highest BCUT2D eigenvalue weighted by Gasteiger charge is 2.55. The molecule has 0 atom stereocenters. The fourth-order valence-electron chi connectivity index (χ4n) is 5.30. The standard InChI is InChI=1S/C24H22F3N3O3.C2H6/c25-24(26,27)17-5-3-14(4-6-17)8-15-2-1-7-30-20(15)19(13-28-30)21(31)29-18-11-23(12-18)9-16(10-23)22(32)33;1-2/h1-7,13,16,18H,8-12H2,(H,29,31)(H,32,33);1-2H3. The zero-order chi connectivity index (χ0) is 25.4. The number of halogens is 3. The number of benzene rings is 1. The molecule has 0 bridgehead atoms. The van der Waals surface area contributed by atoms with Crippen LogP contribution < -0.4 is 5.32 Å². The van der Waals surface area contributed by atoms with Gasteiger partial charge in [-0.2, -0.15) is 18.3 Å². The minimum atomic E-state index is -4.39. The van der Waals surface area contributed by atoms with Crippen molar-refractivity contribution in [1.82, 2.24) is 14.9 Å². The number of amides is 1. The molecule has 2 fully saturated rings. The molecule has 2 N–H and O–H groups in total. The number of pyridine rings is 1. The van der Waals surface area contributed by atoms with Crippen molar-refractivity contribution in [2.45, 2.75) is 58.2 Å². The van der Waals surface area contributed by atoms with Gasteiger partial charge in [0.2, 0.25) is 0 Å². The number of aliphatic carboxylic acids is 1. The molecule has 186 valence electrons. The summed E-state index contributed by atoms with van der Waals surface area (Å²) < 4.78 is 40.1. The second-order valence-electron chi connectivity index (χ2n) is 9.28. The number of nitrogens with zero attached hydrogens (tertiary/aromatic N) is 2. The van der Waals surface area contributed by atoms with Gasteiger partial charge in [-0.05, 0) is 66.8 Å². The Hall–Kier alpha value is -3.36. The van der Waals surface area contributed by atoms with E-state index in [2.05, 4.69) is 10.4 Å². The van der Waals surface area contributed by atoms with Crippen LogP contribution in [0.15, 0.2) is 48.8 Å². The molecular formula is C26H28F3N3O3. The number of nitrogens with one attached hydrogen (secondary N) is 1. The monoisotopic (exact) mass is 487 g/mol. The fourth-order valence-corrected chi connectivity index (χ4v) is 5.30. The summed E-state index contributed by atoms with van der Waals surface area (Å²) in [6.45, 7) is 4.00. The largest absolute Gasteiger partial charge is 0.481 e. The van der Waals surface area contributed by atoms with Crippen LogP contribution in [-0.2, 0) is 17.4 Å². The quantitative estimate of drug-likeness (QED) is 0.509. The van der Waals surface area contributed by atoms with Crippen molar-refractivity contribution in [2.24, 2.45) is 11.3 Å². The highest BCUT2D eigenvalue weighted by molar-refractivity contribution is 6.01. The van der Waals surface area contributed by atoms with Crippen molar-refractivity contribution in [3.05, 3.63) is 71.0 Å². The molecule has 0 radical (unpaired) electrons. The van der Waals surface area contributed by atoms with Crippen LogP contribution in [-0.4, -0.2) is 32.6 Å². The molecular weight excluding hydrogens is 459 g/mol. The first-order valence-corrected chi connectivity index (χ1v) is 11.8. The molecule has 35 heavy (non-hydrogen) atoms. The molecule has 6 nitrogen and oxygen atoms in total. The molecule has 1 amide bonds. The molecule has 2 aliphatic rings. The van der Waals surface area contributed by atoms with E-state index in [0.29, 0.717) is 35.9 Å². The molecule has 9 heteroatoms. The lowest BCUT2D eigenvalue weighted by Gasteiger charge is -2.56. The van der Waals surface area contributed by atoms with E-state index in [0.717, 1.165) is 30.5 Å². The van der Waals surface area contributed by atoms with E-state index in [1.54, 1.807) is 16.8 Å². The second kappa shape index (κ2) is 9.36. The van der Waals surface area contributed by atoms with Crippen molar-refractivity contribution in [3.63, 3.8) is 0 Å². The predicted molar refractivity (Wildman–Crippen MR) is 124 cm³/mol. The van der Waals surface area contributed by atoms with E-state index in [4.69, 9.17) is 5.11 Å². The van der Waals surface area contributed by atoms with Gasteiger partial charge < -0.3 is 10.4 Å². The zero-order valence-electron chi connectivity index (χ0n) is 19.6. The van der Waals surface area contributed by atoms with E-state index in [9.17, 15) is 22.8 Å². The first-order valence-electron chi connectivity index (χ1n) is 11.8. The summed E-state index contributed by atoms with van der Waals surface area (Å²) in [5, 5.41) is 16.4. The Kier molecular flexibility index (Phi) is 6.62. The average Bonchev–Trinajstić information content (AvgIpc) is 3.20. The normalized spacial score (nSPS) is 23.1. The highest BCUT2D eigenvalue weighted by Crippen LogP contribution is 2.58. The smallest absolute Gasteiger partial charge is 0.416 e. The number of carboxylic acids is 1. The Labute approximate surface area is 201 Å². The Morgan fingerprint density at radius 2 is 1.77 bits per heavy atom. The molecule has 1 aromatic carbocycles. The summed E-state index contributed by atoms with van der Waals surface area (Å²) >= 11 is 0. The Bertz CT molecular complexity index is 1220. The van der Waals surface area contributed by atoms with Gasteiger partial charge in [0, 0.05) is 12.2 Å². The average molecular weight is 488 g/mol. The summed E-state index contributed by atoms with van der Waals surface area (Å²) in [5.41, 5.74) is 1.87. The highest BCUT2D eigenvalue weighted by atomic mass is 19.4. The maximum absolute atomic E-state index is 13.0. The number of hydrogen-bond acceptors (Lipinski definition) is 3. The number of rotatable bonds is 5. The minimum Gasteiger partial charge on any atom is -0.481 e. The van der Waals surface area contributed by atoms with E-state index >= 15 is 0 Å². The molecule has 2 aliphatic carbocycles. The molecule has 0 unspecified atom stereocenters. The van der Waals surface area contributed by atoms with Gasteiger partial charge in [0.25, 0.3) is 5.91 Å². The van der Waals surface area contributed by atoms with Crippen LogP contribution >= 0.6 is 0 Å². The Morgan fingerprint density at radius 1 is 1.11 bits per heavy atom. The maximum Gasteiger partial charge on any atom is 0.416 e. The van der Waals surface area contributed by atoms with Crippen LogP contribution in [0.3, 0.4) is 0 Å². The zero-order valence-corrected chi connectivity index (χ0v) is 19.6. The molecule has 2 aromatic heterocycles. The number of alkyl halides is 3.